The van der Waals surface area contributed by atoms with Crippen LogP contribution in [0, 0.1) is 11.7 Å². The number of hydrogen-bond acceptors (Lipinski definition) is 2. The van der Waals surface area contributed by atoms with Crippen LogP contribution in [0.1, 0.15) is 19.8 Å². The van der Waals surface area contributed by atoms with E-state index in [-0.39, 0.29) is 16.8 Å². The Labute approximate surface area is 134 Å². The second kappa shape index (κ2) is 7.45. The molecule has 1 fully saturated rings. The molecule has 2 rings (SSSR count). The Morgan fingerprint density at radius 1 is 1.59 bits per heavy atom. The standard InChI is InChI=1S/C15H20ClFN4O/c1-2-19-15(18)21-7-3-4-10(9-21)14(22)20-11-5-6-12(16)13(17)8-11/h5-6,8,10H,2-4,7,9H2,1H3,(H2,18,19)(H,20,22)/t10-/m0/s1. The molecule has 1 heterocycles. The number of rotatable bonds is 3. The normalized spacial score (nSPS) is 19.1. The molecule has 1 saturated heterocycles. The number of nitrogens with zero attached hydrogens (tertiary/aromatic N) is 2. The number of piperidine rings is 1. The molecule has 7 heteroatoms. The SMILES string of the molecule is CCN=C(N)N1CCC[C@H](C(=O)Nc2ccc(Cl)c(F)c2)C1. The molecule has 0 aliphatic carbocycles. The highest BCUT2D eigenvalue weighted by molar-refractivity contribution is 6.30. The van der Waals surface area contributed by atoms with Gasteiger partial charge in [0.1, 0.15) is 5.82 Å². The van der Waals surface area contributed by atoms with Crippen molar-refractivity contribution in [2.24, 2.45) is 16.6 Å². The maximum Gasteiger partial charge on any atom is 0.229 e. The summed E-state index contributed by atoms with van der Waals surface area (Å²) in [7, 11) is 0. The molecule has 0 radical (unpaired) electrons. The topological polar surface area (TPSA) is 70.7 Å². The van der Waals surface area contributed by atoms with Gasteiger partial charge in [0.25, 0.3) is 0 Å². The van der Waals surface area contributed by atoms with Gasteiger partial charge in [-0.3, -0.25) is 9.79 Å². The second-order valence-corrected chi connectivity index (χ2v) is 5.64. The predicted molar refractivity (Wildman–Crippen MR) is 86.5 cm³/mol. The molecular weight excluding hydrogens is 307 g/mol. The van der Waals surface area contributed by atoms with Crippen LogP contribution in [0.25, 0.3) is 0 Å². The summed E-state index contributed by atoms with van der Waals surface area (Å²) in [5.74, 6) is -0.421. The summed E-state index contributed by atoms with van der Waals surface area (Å²) >= 11 is 5.63. The van der Waals surface area contributed by atoms with Gasteiger partial charge in [-0.15, -0.1) is 0 Å². The number of halogens is 2. The van der Waals surface area contributed by atoms with Gasteiger partial charge in [0.05, 0.1) is 10.9 Å². The minimum Gasteiger partial charge on any atom is -0.370 e. The predicted octanol–water partition coefficient (Wildman–Crippen LogP) is 2.46. The highest BCUT2D eigenvalue weighted by Gasteiger charge is 2.26. The Morgan fingerprint density at radius 2 is 2.36 bits per heavy atom. The fourth-order valence-electron chi connectivity index (χ4n) is 2.48. The van der Waals surface area contributed by atoms with E-state index in [9.17, 15) is 9.18 Å². The zero-order chi connectivity index (χ0) is 16.1. The maximum atomic E-state index is 13.4. The number of nitrogens with two attached hydrogens (primary N) is 1. The third-order valence-corrected chi connectivity index (χ3v) is 3.93. The first-order valence-electron chi connectivity index (χ1n) is 7.32. The van der Waals surface area contributed by atoms with Crippen molar-refractivity contribution in [3.05, 3.63) is 29.0 Å². The Hall–Kier alpha value is -1.82. The molecule has 22 heavy (non-hydrogen) atoms. The third-order valence-electron chi connectivity index (χ3n) is 3.62. The van der Waals surface area contributed by atoms with Crippen molar-refractivity contribution < 1.29 is 9.18 Å². The van der Waals surface area contributed by atoms with E-state index in [2.05, 4.69) is 10.3 Å². The van der Waals surface area contributed by atoms with E-state index in [1.54, 1.807) is 6.07 Å². The molecular formula is C15H20ClFN4O. The molecule has 1 aliphatic rings. The Morgan fingerprint density at radius 3 is 3.05 bits per heavy atom. The molecule has 1 amide bonds. The zero-order valence-corrected chi connectivity index (χ0v) is 13.2. The first-order valence-corrected chi connectivity index (χ1v) is 7.69. The van der Waals surface area contributed by atoms with E-state index >= 15 is 0 Å². The molecule has 1 atom stereocenters. The lowest BCUT2D eigenvalue weighted by Gasteiger charge is -2.32. The van der Waals surface area contributed by atoms with Crippen LogP contribution in [-0.4, -0.2) is 36.4 Å². The van der Waals surface area contributed by atoms with Gasteiger partial charge in [-0.05, 0) is 38.0 Å². The van der Waals surface area contributed by atoms with Gasteiger partial charge in [-0.25, -0.2) is 4.39 Å². The molecule has 0 bridgehead atoms. The van der Waals surface area contributed by atoms with Crippen LogP contribution in [-0.2, 0) is 4.79 Å². The van der Waals surface area contributed by atoms with E-state index in [0.717, 1.165) is 19.4 Å². The van der Waals surface area contributed by atoms with E-state index in [1.165, 1.54) is 12.1 Å². The molecule has 0 spiro atoms. The van der Waals surface area contributed by atoms with Crippen LogP contribution >= 0.6 is 11.6 Å². The summed E-state index contributed by atoms with van der Waals surface area (Å²) in [6.45, 7) is 3.85. The Bertz CT molecular complexity index is 579. The monoisotopic (exact) mass is 326 g/mol. The second-order valence-electron chi connectivity index (χ2n) is 5.24. The van der Waals surface area contributed by atoms with Gasteiger partial charge < -0.3 is 16.0 Å². The summed E-state index contributed by atoms with van der Waals surface area (Å²) in [6.07, 6.45) is 1.64. The third kappa shape index (κ3) is 4.10. The number of guanidine groups is 1. The van der Waals surface area contributed by atoms with Crippen molar-refractivity contribution in [1.29, 1.82) is 0 Å². The minimum atomic E-state index is -0.552. The molecule has 120 valence electrons. The number of nitrogens with one attached hydrogen (secondary N) is 1. The average molecular weight is 327 g/mol. The number of carbonyl (C=O) groups excluding carboxylic acids is 1. The summed E-state index contributed by atoms with van der Waals surface area (Å²) < 4.78 is 13.4. The van der Waals surface area contributed by atoms with Crippen molar-refractivity contribution in [3.8, 4) is 0 Å². The summed E-state index contributed by atoms with van der Waals surface area (Å²) in [6, 6.07) is 4.22. The lowest BCUT2D eigenvalue weighted by molar-refractivity contribution is -0.121. The van der Waals surface area contributed by atoms with Crippen molar-refractivity contribution >= 4 is 29.2 Å². The van der Waals surface area contributed by atoms with E-state index in [4.69, 9.17) is 17.3 Å². The summed E-state index contributed by atoms with van der Waals surface area (Å²) in [5.41, 5.74) is 6.29. The van der Waals surface area contributed by atoms with Crippen molar-refractivity contribution in [3.63, 3.8) is 0 Å². The highest BCUT2D eigenvalue weighted by atomic mass is 35.5. The number of anilines is 1. The Balaban J connectivity index is 1.99. The fraction of sp³-hybridized carbons (Fsp3) is 0.467. The molecule has 3 N–H and O–H groups in total. The van der Waals surface area contributed by atoms with E-state index in [0.29, 0.717) is 24.7 Å². The van der Waals surface area contributed by atoms with Gasteiger partial charge in [0.15, 0.2) is 5.96 Å². The number of hydrogen-bond donors (Lipinski definition) is 2. The number of aliphatic imine (C=N–C) groups is 1. The van der Waals surface area contributed by atoms with Crippen LogP contribution in [0.5, 0.6) is 0 Å². The van der Waals surface area contributed by atoms with Gasteiger partial charge in [-0.2, -0.15) is 0 Å². The molecule has 1 aromatic rings. The van der Waals surface area contributed by atoms with Crippen molar-refractivity contribution in [2.75, 3.05) is 25.0 Å². The van der Waals surface area contributed by atoms with Crippen LogP contribution < -0.4 is 11.1 Å². The van der Waals surface area contributed by atoms with Crippen LogP contribution in [0.3, 0.4) is 0 Å². The lowest BCUT2D eigenvalue weighted by Crippen LogP contribution is -2.46. The van der Waals surface area contributed by atoms with Crippen molar-refractivity contribution in [1.82, 2.24) is 4.90 Å². The van der Waals surface area contributed by atoms with Gasteiger partial charge in [0.2, 0.25) is 5.91 Å². The molecule has 0 saturated carbocycles. The van der Waals surface area contributed by atoms with Gasteiger partial charge in [0, 0.05) is 25.3 Å². The zero-order valence-electron chi connectivity index (χ0n) is 12.5. The summed E-state index contributed by atoms with van der Waals surface area (Å²) in [5, 5.41) is 2.76. The van der Waals surface area contributed by atoms with Crippen LogP contribution in [0.2, 0.25) is 5.02 Å². The molecule has 1 aromatic carbocycles. The number of benzene rings is 1. The molecule has 5 nitrogen and oxygen atoms in total. The van der Waals surface area contributed by atoms with Gasteiger partial charge >= 0.3 is 0 Å². The molecule has 0 aromatic heterocycles. The smallest absolute Gasteiger partial charge is 0.229 e. The van der Waals surface area contributed by atoms with Crippen molar-refractivity contribution in [2.45, 2.75) is 19.8 Å². The van der Waals surface area contributed by atoms with E-state index in [1.807, 2.05) is 11.8 Å². The first-order chi connectivity index (χ1) is 10.5. The highest BCUT2D eigenvalue weighted by Crippen LogP contribution is 2.21. The van der Waals surface area contributed by atoms with Crippen LogP contribution in [0.15, 0.2) is 23.2 Å². The average Bonchev–Trinajstić information content (AvgIpc) is 2.51. The Kier molecular flexibility index (Phi) is 5.60. The minimum absolute atomic E-state index is 0.0328. The fourth-order valence-corrected chi connectivity index (χ4v) is 2.60. The first kappa shape index (κ1) is 16.5. The quantitative estimate of drug-likeness (QED) is 0.662. The van der Waals surface area contributed by atoms with E-state index < -0.39 is 5.82 Å². The summed E-state index contributed by atoms with van der Waals surface area (Å²) in [4.78, 5) is 18.4. The van der Waals surface area contributed by atoms with Gasteiger partial charge in [-0.1, -0.05) is 11.6 Å². The van der Waals surface area contributed by atoms with Crippen LogP contribution in [0.4, 0.5) is 10.1 Å². The number of amides is 1. The largest absolute Gasteiger partial charge is 0.370 e. The number of carbonyl (C=O) groups is 1. The maximum absolute atomic E-state index is 13.4. The molecule has 1 aliphatic heterocycles. The number of likely N-dealkylation sites (tertiary alicyclic amines) is 1. The lowest BCUT2D eigenvalue weighted by atomic mass is 9.97. The molecule has 0 unspecified atom stereocenters.